The standard InChI is InChI=1S/C14H28N4OS/c1-2-3-4-5-6-7-8-9-10-11-12-16-14-13(15)17-20(19)18-14/h2-12H2,1H3,(H2,15,17)(H,16,18). The van der Waals surface area contributed by atoms with E-state index in [1.165, 1.54) is 57.8 Å². The first-order valence-electron chi connectivity index (χ1n) is 7.83. The van der Waals surface area contributed by atoms with Crippen LogP contribution in [0.15, 0.2) is 8.80 Å². The summed E-state index contributed by atoms with van der Waals surface area (Å²) in [4.78, 5) is 0. The number of hydrogen-bond acceptors (Lipinski definition) is 3. The summed E-state index contributed by atoms with van der Waals surface area (Å²) in [5, 5.41) is 3.09. The molecule has 3 N–H and O–H groups in total. The van der Waals surface area contributed by atoms with Gasteiger partial charge in [-0.1, -0.05) is 64.7 Å². The minimum atomic E-state index is -1.51. The molecule has 5 nitrogen and oxygen atoms in total. The molecule has 1 atom stereocenters. The molecule has 1 heterocycles. The lowest BCUT2D eigenvalue weighted by Crippen LogP contribution is -2.35. The number of unbranched alkanes of at least 4 members (excludes halogenated alkanes) is 9. The van der Waals surface area contributed by atoms with Crippen molar-refractivity contribution in [3.8, 4) is 0 Å². The second-order valence-corrected chi connectivity index (χ2v) is 6.08. The van der Waals surface area contributed by atoms with Crippen LogP contribution in [-0.2, 0) is 11.2 Å². The molecular formula is C14H28N4OS. The van der Waals surface area contributed by atoms with Gasteiger partial charge in [0, 0.05) is 6.54 Å². The highest BCUT2D eigenvalue weighted by atomic mass is 32.2. The Bertz CT molecular complexity index is 355. The second-order valence-electron chi connectivity index (χ2n) is 5.26. The summed E-state index contributed by atoms with van der Waals surface area (Å²) in [6.45, 7) is 3.07. The molecule has 0 fully saturated rings. The van der Waals surface area contributed by atoms with Crippen LogP contribution in [0.1, 0.15) is 71.1 Å². The number of nitrogens with one attached hydrogen (secondary N) is 1. The predicted octanol–water partition coefficient (Wildman–Crippen LogP) is 2.84. The molecule has 1 rings (SSSR count). The van der Waals surface area contributed by atoms with Crippen LogP contribution in [-0.4, -0.2) is 22.4 Å². The van der Waals surface area contributed by atoms with Gasteiger partial charge in [-0.25, -0.2) is 4.21 Å². The monoisotopic (exact) mass is 300 g/mol. The van der Waals surface area contributed by atoms with Gasteiger partial charge in [0.05, 0.1) is 0 Å². The zero-order valence-electron chi connectivity index (χ0n) is 12.6. The van der Waals surface area contributed by atoms with Gasteiger partial charge in [-0.05, 0) is 6.42 Å². The minimum absolute atomic E-state index is 0.260. The highest BCUT2D eigenvalue weighted by Gasteiger charge is 2.14. The molecule has 0 bridgehead atoms. The van der Waals surface area contributed by atoms with Crippen LogP contribution in [0.3, 0.4) is 0 Å². The van der Waals surface area contributed by atoms with Gasteiger partial charge >= 0.3 is 0 Å². The molecule has 0 saturated heterocycles. The third-order valence-electron chi connectivity index (χ3n) is 3.41. The van der Waals surface area contributed by atoms with Crippen molar-refractivity contribution in [1.82, 2.24) is 5.32 Å². The third-order valence-corrected chi connectivity index (χ3v) is 4.10. The zero-order valence-corrected chi connectivity index (χ0v) is 13.4. The predicted molar refractivity (Wildman–Crippen MR) is 87.0 cm³/mol. The summed E-state index contributed by atoms with van der Waals surface area (Å²) in [5.41, 5.74) is 5.56. The number of amidine groups is 2. The maximum absolute atomic E-state index is 11.0. The van der Waals surface area contributed by atoms with E-state index in [0.29, 0.717) is 5.84 Å². The Morgan fingerprint density at radius 3 is 2.00 bits per heavy atom. The Morgan fingerprint density at radius 2 is 1.50 bits per heavy atom. The minimum Gasteiger partial charge on any atom is -0.380 e. The normalized spacial score (nSPS) is 17.9. The molecular weight excluding hydrogens is 272 g/mol. The largest absolute Gasteiger partial charge is 0.380 e. The molecule has 6 heteroatoms. The molecule has 20 heavy (non-hydrogen) atoms. The summed E-state index contributed by atoms with van der Waals surface area (Å²) >= 11 is -1.51. The first kappa shape index (κ1) is 17.1. The van der Waals surface area contributed by atoms with Gasteiger partial charge in [0.15, 0.2) is 11.7 Å². The fourth-order valence-electron chi connectivity index (χ4n) is 2.21. The second kappa shape index (κ2) is 10.8. The van der Waals surface area contributed by atoms with Crippen molar-refractivity contribution in [1.29, 1.82) is 0 Å². The van der Waals surface area contributed by atoms with Crippen LogP contribution >= 0.6 is 0 Å². The first-order valence-corrected chi connectivity index (χ1v) is 8.89. The summed E-state index contributed by atoms with van der Waals surface area (Å²) in [6.07, 6.45) is 13.2. The van der Waals surface area contributed by atoms with Crippen LogP contribution < -0.4 is 11.1 Å². The highest BCUT2D eigenvalue weighted by molar-refractivity contribution is 7.83. The van der Waals surface area contributed by atoms with Gasteiger partial charge in [0.2, 0.25) is 0 Å². The van der Waals surface area contributed by atoms with Gasteiger partial charge in [0.25, 0.3) is 11.2 Å². The molecule has 1 unspecified atom stereocenters. The smallest absolute Gasteiger partial charge is 0.269 e. The maximum Gasteiger partial charge on any atom is 0.269 e. The molecule has 0 amide bonds. The molecule has 0 aromatic rings. The molecule has 1 aliphatic rings. The summed E-state index contributed by atoms with van der Waals surface area (Å²) in [6, 6.07) is 0. The lowest BCUT2D eigenvalue weighted by molar-refractivity contribution is 0.555. The van der Waals surface area contributed by atoms with E-state index in [1.807, 2.05) is 0 Å². The first-order chi connectivity index (χ1) is 9.74. The van der Waals surface area contributed by atoms with E-state index in [-0.39, 0.29) is 5.84 Å². The zero-order chi connectivity index (χ0) is 14.6. The van der Waals surface area contributed by atoms with Crippen LogP contribution in [0.4, 0.5) is 0 Å². The quantitative estimate of drug-likeness (QED) is 0.576. The number of rotatable bonds is 11. The number of nitrogens with zero attached hydrogens (tertiary/aromatic N) is 2. The summed E-state index contributed by atoms with van der Waals surface area (Å²) < 4.78 is 18.4. The lowest BCUT2D eigenvalue weighted by Gasteiger charge is -2.05. The maximum atomic E-state index is 11.0. The van der Waals surface area contributed by atoms with Crippen molar-refractivity contribution in [2.45, 2.75) is 71.1 Å². The van der Waals surface area contributed by atoms with Gasteiger partial charge in [0.1, 0.15) is 0 Å². The Kier molecular flexibility index (Phi) is 9.28. The van der Waals surface area contributed by atoms with Crippen LogP contribution in [0.5, 0.6) is 0 Å². The Balaban J connectivity index is 1.85. The van der Waals surface area contributed by atoms with Gasteiger partial charge in [-0.2, -0.15) is 0 Å². The Hall–Kier alpha value is -0.910. The van der Waals surface area contributed by atoms with Crippen LogP contribution in [0.25, 0.3) is 0 Å². The van der Waals surface area contributed by atoms with Gasteiger partial charge < -0.3 is 11.1 Å². The van der Waals surface area contributed by atoms with E-state index in [4.69, 9.17) is 5.73 Å². The summed E-state index contributed by atoms with van der Waals surface area (Å²) in [5.74, 6) is 0.745. The number of hydrogen-bond donors (Lipinski definition) is 2. The van der Waals surface area contributed by atoms with Crippen molar-refractivity contribution < 1.29 is 4.21 Å². The Morgan fingerprint density at radius 1 is 0.950 bits per heavy atom. The molecule has 0 aromatic heterocycles. The number of nitrogens with two attached hydrogens (primary N) is 1. The van der Waals surface area contributed by atoms with Crippen molar-refractivity contribution in [3.63, 3.8) is 0 Å². The molecule has 0 saturated carbocycles. The van der Waals surface area contributed by atoms with Crippen molar-refractivity contribution in [3.05, 3.63) is 0 Å². The van der Waals surface area contributed by atoms with Gasteiger partial charge in [-0.3, -0.25) is 0 Å². The van der Waals surface area contributed by atoms with E-state index in [2.05, 4.69) is 21.0 Å². The summed E-state index contributed by atoms with van der Waals surface area (Å²) in [7, 11) is 0. The third kappa shape index (κ3) is 7.62. The van der Waals surface area contributed by atoms with Crippen molar-refractivity contribution in [2.75, 3.05) is 6.54 Å². The van der Waals surface area contributed by atoms with Crippen molar-refractivity contribution >= 4 is 22.8 Å². The topological polar surface area (TPSA) is 79.8 Å². The van der Waals surface area contributed by atoms with Crippen LogP contribution in [0, 0.1) is 0 Å². The molecule has 0 aliphatic carbocycles. The average molecular weight is 300 g/mol. The van der Waals surface area contributed by atoms with Crippen molar-refractivity contribution in [2.24, 2.45) is 14.5 Å². The highest BCUT2D eigenvalue weighted by Crippen LogP contribution is 2.10. The van der Waals surface area contributed by atoms with E-state index >= 15 is 0 Å². The van der Waals surface area contributed by atoms with Gasteiger partial charge in [-0.15, -0.1) is 8.80 Å². The van der Waals surface area contributed by atoms with E-state index in [9.17, 15) is 4.21 Å². The fraction of sp³-hybridized carbons (Fsp3) is 0.857. The Labute approximate surface area is 125 Å². The lowest BCUT2D eigenvalue weighted by atomic mass is 10.1. The van der Waals surface area contributed by atoms with Crippen LogP contribution in [0.2, 0.25) is 0 Å². The van der Waals surface area contributed by atoms with E-state index in [0.717, 1.165) is 13.0 Å². The average Bonchev–Trinajstić information content (AvgIpc) is 2.74. The molecule has 0 radical (unpaired) electrons. The molecule has 1 aliphatic heterocycles. The van der Waals surface area contributed by atoms with E-state index in [1.54, 1.807) is 0 Å². The van der Waals surface area contributed by atoms with E-state index < -0.39 is 11.2 Å². The molecule has 0 spiro atoms. The SMILES string of the molecule is CCCCCCCCCCCCNC1=NS(=O)N=C1N. The molecule has 0 aromatic carbocycles. The molecule has 116 valence electrons. The fourth-order valence-corrected chi connectivity index (χ4v) is 2.82.